The standard InChI is InChI=1S/C14H18N4O5/c15-14(20)16-7-10-5-6-17(8-10)13(19)9-23-12-3-1-11(2-4-12)18(21)22/h1-4,10H,5-9H2,(H3,15,16,20). The van der Waals surface area contributed by atoms with Gasteiger partial charge < -0.3 is 20.7 Å². The Morgan fingerprint density at radius 2 is 2.09 bits per heavy atom. The van der Waals surface area contributed by atoms with Crippen molar-refractivity contribution in [2.24, 2.45) is 11.7 Å². The number of hydrogen-bond donors (Lipinski definition) is 2. The summed E-state index contributed by atoms with van der Waals surface area (Å²) in [6.07, 6.45) is 0.795. The number of likely N-dealkylation sites (tertiary alicyclic amines) is 1. The summed E-state index contributed by atoms with van der Waals surface area (Å²) < 4.78 is 5.34. The Morgan fingerprint density at radius 3 is 2.70 bits per heavy atom. The number of primary amides is 1. The van der Waals surface area contributed by atoms with Crippen molar-refractivity contribution in [1.82, 2.24) is 10.2 Å². The minimum Gasteiger partial charge on any atom is -0.484 e. The molecule has 9 nitrogen and oxygen atoms in total. The summed E-state index contributed by atoms with van der Waals surface area (Å²) >= 11 is 0. The number of amides is 3. The maximum atomic E-state index is 12.1. The molecule has 1 atom stereocenters. The third kappa shape index (κ3) is 4.83. The number of nitrogens with zero attached hydrogens (tertiary/aromatic N) is 2. The van der Waals surface area contributed by atoms with E-state index in [1.54, 1.807) is 4.90 Å². The SMILES string of the molecule is NC(=O)NCC1CCN(C(=O)COc2ccc([N+](=O)[O-])cc2)C1. The van der Waals surface area contributed by atoms with Crippen molar-refractivity contribution in [3.63, 3.8) is 0 Å². The van der Waals surface area contributed by atoms with Crippen molar-refractivity contribution in [1.29, 1.82) is 0 Å². The fourth-order valence-corrected chi connectivity index (χ4v) is 2.37. The molecule has 0 saturated carbocycles. The number of non-ortho nitro benzene ring substituents is 1. The number of hydrogen-bond acceptors (Lipinski definition) is 5. The first kappa shape index (κ1) is 16.5. The number of carbonyl (C=O) groups is 2. The topological polar surface area (TPSA) is 128 Å². The van der Waals surface area contributed by atoms with E-state index in [1.807, 2.05) is 0 Å². The van der Waals surface area contributed by atoms with Crippen LogP contribution < -0.4 is 15.8 Å². The van der Waals surface area contributed by atoms with Crippen molar-refractivity contribution in [2.75, 3.05) is 26.2 Å². The minimum atomic E-state index is -0.573. The molecule has 23 heavy (non-hydrogen) atoms. The summed E-state index contributed by atoms with van der Waals surface area (Å²) in [4.78, 5) is 34.4. The molecule has 1 heterocycles. The smallest absolute Gasteiger partial charge is 0.312 e. The van der Waals surface area contributed by atoms with Crippen LogP contribution in [0.15, 0.2) is 24.3 Å². The highest BCUT2D eigenvalue weighted by Crippen LogP contribution is 2.18. The van der Waals surface area contributed by atoms with Crippen LogP contribution in [0.4, 0.5) is 10.5 Å². The Labute approximate surface area is 132 Å². The molecule has 0 spiro atoms. The summed E-state index contributed by atoms with van der Waals surface area (Å²) in [7, 11) is 0. The molecule has 1 aromatic carbocycles. The zero-order chi connectivity index (χ0) is 16.8. The Balaban J connectivity index is 1.76. The number of nitrogens with two attached hydrogens (primary N) is 1. The van der Waals surface area contributed by atoms with E-state index in [1.165, 1.54) is 24.3 Å². The first-order chi connectivity index (χ1) is 11.0. The molecule has 0 aromatic heterocycles. The van der Waals surface area contributed by atoms with Gasteiger partial charge in [-0.1, -0.05) is 0 Å². The zero-order valence-corrected chi connectivity index (χ0v) is 12.4. The molecule has 9 heteroatoms. The van der Waals surface area contributed by atoms with Crippen LogP contribution >= 0.6 is 0 Å². The predicted molar refractivity (Wildman–Crippen MR) is 80.9 cm³/mol. The van der Waals surface area contributed by atoms with Crippen molar-refractivity contribution >= 4 is 17.6 Å². The lowest BCUT2D eigenvalue weighted by molar-refractivity contribution is -0.384. The predicted octanol–water partition coefficient (Wildman–Crippen LogP) is 0.490. The van der Waals surface area contributed by atoms with E-state index >= 15 is 0 Å². The van der Waals surface area contributed by atoms with Crippen LogP contribution in [-0.2, 0) is 4.79 Å². The second kappa shape index (κ2) is 7.43. The molecule has 3 N–H and O–H groups in total. The number of ether oxygens (including phenoxy) is 1. The normalized spacial score (nSPS) is 16.9. The molecular formula is C14H18N4O5. The van der Waals surface area contributed by atoms with Gasteiger partial charge in [0.2, 0.25) is 0 Å². The largest absolute Gasteiger partial charge is 0.484 e. The van der Waals surface area contributed by atoms with Crippen LogP contribution in [0.25, 0.3) is 0 Å². The maximum absolute atomic E-state index is 12.1. The average molecular weight is 322 g/mol. The molecule has 0 bridgehead atoms. The van der Waals surface area contributed by atoms with E-state index in [0.29, 0.717) is 25.4 Å². The van der Waals surface area contributed by atoms with Gasteiger partial charge in [-0.3, -0.25) is 14.9 Å². The second-order valence-electron chi connectivity index (χ2n) is 5.28. The number of nitro groups is 1. The fraction of sp³-hybridized carbons (Fsp3) is 0.429. The van der Waals surface area contributed by atoms with E-state index in [2.05, 4.69) is 5.32 Å². The van der Waals surface area contributed by atoms with Gasteiger partial charge in [0.05, 0.1) is 4.92 Å². The maximum Gasteiger partial charge on any atom is 0.312 e. The molecule has 0 radical (unpaired) electrons. The van der Waals surface area contributed by atoms with Gasteiger partial charge in [-0.05, 0) is 24.5 Å². The highest BCUT2D eigenvalue weighted by molar-refractivity contribution is 5.78. The van der Waals surface area contributed by atoms with Crippen molar-refractivity contribution in [3.8, 4) is 5.75 Å². The summed E-state index contributed by atoms with van der Waals surface area (Å²) in [6.45, 7) is 1.46. The monoisotopic (exact) mass is 322 g/mol. The highest BCUT2D eigenvalue weighted by Gasteiger charge is 2.26. The van der Waals surface area contributed by atoms with Crippen LogP contribution in [0.3, 0.4) is 0 Å². The van der Waals surface area contributed by atoms with Crippen molar-refractivity contribution < 1.29 is 19.2 Å². The molecule has 1 unspecified atom stereocenters. The number of nitrogens with one attached hydrogen (secondary N) is 1. The molecule has 1 fully saturated rings. The lowest BCUT2D eigenvalue weighted by atomic mass is 10.1. The van der Waals surface area contributed by atoms with Gasteiger partial charge >= 0.3 is 6.03 Å². The molecule has 1 aromatic rings. The van der Waals surface area contributed by atoms with Crippen LogP contribution in [-0.4, -0.2) is 48.0 Å². The highest BCUT2D eigenvalue weighted by atomic mass is 16.6. The minimum absolute atomic E-state index is 0.0342. The van der Waals surface area contributed by atoms with Gasteiger partial charge in [0, 0.05) is 31.8 Å². The Kier molecular flexibility index (Phi) is 5.34. The Bertz CT molecular complexity index is 589. The first-order valence-corrected chi connectivity index (χ1v) is 7.14. The zero-order valence-electron chi connectivity index (χ0n) is 12.4. The number of benzene rings is 1. The van der Waals surface area contributed by atoms with E-state index in [4.69, 9.17) is 10.5 Å². The lowest BCUT2D eigenvalue weighted by Crippen LogP contribution is -2.36. The number of urea groups is 1. The lowest BCUT2D eigenvalue weighted by Gasteiger charge is -2.17. The number of rotatable bonds is 6. The van der Waals surface area contributed by atoms with Gasteiger partial charge in [-0.25, -0.2) is 4.79 Å². The molecule has 124 valence electrons. The van der Waals surface area contributed by atoms with Crippen LogP contribution in [0.5, 0.6) is 5.75 Å². The molecule has 1 aliphatic rings. The molecule has 0 aliphatic carbocycles. The molecule has 1 aliphatic heterocycles. The van der Waals surface area contributed by atoms with Crippen molar-refractivity contribution in [3.05, 3.63) is 34.4 Å². The van der Waals surface area contributed by atoms with E-state index < -0.39 is 11.0 Å². The van der Waals surface area contributed by atoms with Gasteiger partial charge in [-0.2, -0.15) is 0 Å². The summed E-state index contributed by atoms with van der Waals surface area (Å²) in [5.74, 6) is 0.422. The van der Waals surface area contributed by atoms with E-state index in [0.717, 1.165) is 6.42 Å². The van der Waals surface area contributed by atoms with Gasteiger partial charge in [0.25, 0.3) is 11.6 Å². The third-order valence-corrected chi connectivity index (χ3v) is 3.61. The number of carbonyl (C=O) groups excluding carboxylic acids is 2. The van der Waals surface area contributed by atoms with E-state index in [9.17, 15) is 19.7 Å². The van der Waals surface area contributed by atoms with Crippen LogP contribution in [0.1, 0.15) is 6.42 Å². The fourth-order valence-electron chi connectivity index (χ4n) is 2.37. The molecular weight excluding hydrogens is 304 g/mol. The number of nitro benzene ring substituents is 1. The van der Waals surface area contributed by atoms with Gasteiger partial charge in [0.15, 0.2) is 6.61 Å². The Morgan fingerprint density at radius 1 is 1.39 bits per heavy atom. The molecule has 3 amide bonds. The summed E-state index contributed by atoms with van der Waals surface area (Å²) in [5.41, 5.74) is 4.98. The summed E-state index contributed by atoms with van der Waals surface area (Å²) in [5, 5.41) is 13.1. The van der Waals surface area contributed by atoms with Gasteiger partial charge in [-0.15, -0.1) is 0 Å². The van der Waals surface area contributed by atoms with Gasteiger partial charge in [0.1, 0.15) is 5.75 Å². The first-order valence-electron chi connectivity index (χ1n) is 7.14. The molecule has 2 rings (SSSR count). The van der Waals surface area contributed by atoms with Crippen molar-refractivity contribution in [2.45, 2.75) is 6.42 Å². The quantitative estimate of drug-likeness (QED) is 0.582. The van der Waals surface area contributed by atoms with E-state index in [-0.39, 0.29) is 24.1 Å². The molecule has 1 saturated heterocycles. The van der Waals surface area contributed by atoms with Crippen LogP contribution in [0.2, 0.25) is 0 Å². The average Bonchev–Trinajstić information content (AvgIpc) is 3.00. The second-order valence-corrected chi connectivity index (χ2v) is 5.28. The third-order valence-electron chi connectivity index (χ3n) is 3.61. The van der Waals surface area contributed by atoms with Crippen LogP contribution in [0, 0.1) is 16.0 Å². The summed E-state index contributed by atoms with van der Waals surface area (Å²) in [6, 6.07) is 4.98. The Hall–Kier alpha value is -2.84.